The van der Waals surface area contributed by atoms with Crippen molar-refractivity contribution in [3.8, 4) is 0 Å². The van der Waals surface area contributed by atoms with Gasteiger partial charge in [-0.1, -0.05) is 13.0 Å². The smallest absolute Gasteiger partial charge is 0.294 e. The summed E-state index contributed by atoms with van der Waals surface area (Å²) in [7, 11) is 0. The fraction of sp³-hybridized carbons (Fsp3) is 0.364. The van der Waals surface area contributed by atoms with Gasteiger partial charge in [-0.05, 0) is 12.1 Å². The molecule has 0 spiro atoms. The Hall–Kier alpha value is -1.46. The monoisotopic (exact) mass is 252 g/mol. The van der Waals surface area contributed by atoms with E-state index in [0.717, 1.165) is 0 Å². The molecule has 0 heterocycles. The van der Waals surface area contributed by atoms with Crippen molar-refractivity contribution in [2.45, 2.75) is 25.9 Å². The Morgan fingerprint density at radius 3 is 2.29 bits per heavy atom. The second-order valence-corrected chi connectivity index (χ2v) is 3.38. The summed E-state index contributed by atoms with van der Waals surface area (Å²) in [5.74, 6) is -0.730. The number of ketones is 1. The third-order valence-corrected chi connectivity index (χ3v) is 2.24. The number of benzene rings is 1. The summed E-state index contributed by atoms with van der Waals surface area (Å²) in [6.07, 6.45) is -7.74. The summed E-state index contributed by atoms with van der Waals surface area (Å²) >= 11 is 0. The maximum Gasteiger partial charge on any atom is 0.416 e. The average molecular weight is 252 g/mol. The van der Waals surface area contributed by atoms with Crippen LogP contribution in [0.1, 0.15) is 41.3 Å². The first-order chi connectivity index (χ1) is 7.77. The first-order valence-electron chi connectivity index (χ1n) is 4.79. The van der Waals surface area contributed by atoms with Gasteiger partial charge in [-0.2, -0.15) is 13.2 Å². The minimum absolute atomic E-state index is 0.124. The van der Waals surface area contributed by atoms with Crippen molar-refractivity contribution in [2.75, 3.05) is 0 Å². The molecule has 94 valence electrons. The molecule has 0 atom stereocenters. The van der Waals surface area contributed by atoms with E-state index in [1.54, 1.807) is 0 Å². The van der Waals surface area contributed by atoms with Crippen molar-refractivity contribution in [3.05, 3.63) is 34.9 Å². The molecule has 0 radical (unpaired) electrons. The van der Waals surface area contributed by atoms with E-state index in [4.69, 9.17) is 0 Å². The molecular weight excluding hydrogens is 243 g/mol. The molecule has 1 nitrogen and oxygen atoms in total. The lowest BCUT2D eigenvalue weighted by Gasteiger charge is -2.11. The Balaban J connectivity index is 3.34. The summed E-state index contributed by atoms with van der Waals surface area (Å²) in [6, 6.07) is 1.68. The molecule has 0 unspecified atom stereocenters. The Morgan fingerprint density at radius 1 is 1.29 bits per heavy atom. The molecular formula is C11H9F5O. The molecule has 17 heavy (non-hydrogen) atoms. The predicted molar refractivity (Wildman–Crippen MR) is 51.0 cm³/mol. The van der Waals surface area contributed by atoms with Crippen molar-refractivity contribution < 1.29 is 26.7 Å². The predicted octanol–water partition coefficient (Wildman–Crippen LogP) is 4.24. The molecule has 1 aromatic rings. The van der Waals surface area contributed by atoms with Gasteiger partial charge >= 0.3 is 6.18 Å². The molecule has 6 heteroatoms. The summed E-state index contributed by atoms with van der Waals surface area (Å²) in [6.45, 7) is 1.40. The van der Waals surface area contributed by atoms with E-state index < -0.39 is 35.1 Å². The molecule has 0 N–H and O–H groups in total. The minimum Gasteiger partial charge on any atom is -0.294 e. The van der Waals surface area contributed by atoms with Crippen LogP contribution in [0.25, 0.3) is 0 Å². The second kappa shape index (κ2) is 4.81. The van der Waals surface area contributed by atoms with Gasteiger partial charge in [-0.15, -0.1) is 0 Å². The molecule has 0 amide bonds. The third kappa shape index (κ3) is 3.01. The largest absolute Gasteiger partial charge is 0.416 e. The van der Waals surface area contributed by atoms with Crippen LogP contribution in [0.15, 0.2) is 18.2 Å². The van der Waals surface area contributed by atoms with Gasteiger partial charge in [0.05, 0.1) is 5.56 Å². The van der Waals surface area contributed by atoms with E-state index in [2.05, 4.69) is 0 Å². The highest BCUT2D eigenvalue weighted by Crippen LogP contribution is 2.33. The molecule has 1 rings (SSSR count). The number of hydrogen-bond donors (Lipinski definition) is 0. The lowest BCUT2D eigenvalue weighted by Crippen LogP contribution is -2.10. The number of carbonyl (C=O) groups excluding carboxylic acids is 1. The van der Waals surface area contributed by atoms with Crippen LogP contribution >= 0.6 is 0 Å². The lowest BCUT2D eigenvalue weighted by molar-refractivity contribution is -0.137. The molecule has 0 aliphatic rings. The zero-order chi connectivity index (χ0) is 13.2. The molecule has 0 bridgehead atoms. The maximum atomic E-state index is 12.5. The van der Waals surface area contributed by atoms with E-state index in [1.165, 1.54) is 6.92 Å². The van der Waals surface area contributed by atoms with E-state index in [1.807, 2.05) is 0 Å². The Kier molecular flexibility index (Phi) is 3.85. The standard InChI is InChI=1S/C11H9F5O/c1-2-9(17)8-5-6(11(14,15)16)3-4-7(8)10(12)13/h3-5,10H,2H2,1H3. The van der Waals surface area contributed by atoms with Gasteiger partial charge in [0.15, 0.2) is 5.78 Å². The molecule has 0 saturated carbocycles. The molecule has 0 saturated heterocycles. The van der Waals surface area contributed by atoms with Crippen LogP contribution in [-0.4, -0.2) is 5.78 Å². The zero-order valence-electron chi connectivity index (χ0n) is 8.81. The van der Waals surface area contributed by atoms with Gasteiger partial charge in [0.1, 0.15) is 0 Å². The van der Waals surface area contributed by atoms with Crippen LogP contribution in [0.2, 0.25) is 0 Å². The van der Waals surface area contributed by atoms with E-state index in [0.29, 0.717) is 18.2 Å². The van der Waals surface area contributed by atoms with Crippen molar-refractivity contribution >= 4 is 5.78 Å². The van der Waals surface area contributed by atoms with Gasteiger partial charge in [-0.3, -0.25) is 4.79 Å². The number of hydrogen-bond acceptors (Lipinski definition) is 1. The summed E-state index contributed by atoms with van der Waals surface area (Å²) < 4.78 is 62.1. The highest BCUT2D eigenvalue weighted by atomic mass is 19.4. The summed E-state index contributed by atoms with van der Waals surface area (Å²) in [5.41, 5.74) is -2.32. The van der Waals surface area contributed by atoms with Crippen LogP contribution < -0.4 is 0 Å². The van der Waals surface area contributed by atoms with Gasteiger partial charge in [0.25, 0.3) is 6.43 Å². The van der Waals surface area contributed by atoms with E-state index in [-0.39, 0.29) is 6.42 Å². The van der Waals surface area contributed by atoms with Gasteiger partial charge in [-0.25, -0.2) is 8.78 Å². The topological polar surface area (TPSA) is 17.1 Å². The van der Waals surface area contributed by atoms with Crippen LogP contribution in [0.3, 0.4) is 0 Å². The molecule has 0 fully saturated rings. The van der Waals surface area contributed by atoms with Gasteiger partial charge < -0.3 is 0 Å². The molecule has 0 aliphatic carbocycles. The van der Waals surface area contributed by atoms with E-state index in [9.17, 15) is 26.7 Å². The van der Waals surface area contributed by atoms with Gasteiger partial charge in [0, 0.05) is 17.5 Å². The fourth-order valence-corrected chi connectivity index (χ4v) is 1.35. The SMILES string of the molecule is CCC(=O)c1cc(C(F)(F)F)ccc1C(F)F. The Labute approximate surface area is 94.2 Å². The second-order valence-electron chi connectivity index (χ2n) is 3.38. The van der Waals surface area contributed by atoms with Crippen LogP contribution in [0.5, 0.6) is 0 Å². The van der Waals surface area contributed by atoms with Crippen molar-refractivity contribution in [2.24, 2.45) is 0 Å². The zero-order valence-corrected chi connectivity index (χ0v) is 8.81. The average Bonchev–Trinajstić information content (AvgIpc) is 2.25. The van der Waals surface area contributed by atoms with Crippen LogP contribution in [-0.2, 0) is 6.18 Å². The first-order valence-corrected chi connectivity index (χ1v) is 4.79. The molecule has 0 aliphatic heterocycles. The minimum atomic E-state index is -4.65. The third-order valence-electron chi connectivity index (χ3n) is 2.24. The van der Waals surface area contributed by atoms with Crippen molar-refractivity contribution in [1.29, 1.82) is 0 Å². The molecule has 0 aromatic heterocycles. The summed E-state index contributed by atoms with van der Waals surface area (Å²) in [5, 5.41) is 0. The molecule has 1 aromatic carbocycles. The highest BCUT2D eigenvalue weighted by Gasteiger charge is 2.32. The number of carbonyl (C=O) groups is 1. The Morgan fingerprint density at radius 2 is 1.88 bits per heavy atom. The quantitative estimate of drug-likeness (QED) is 0.581. The fourth-order valence-electron chi connectivity index (χ4n) is 1.35. The highest BCUT2D eigenvalue weighted by molar-refractivity contribution is 5.97. The van der Waals surface area contributed by atoms with Crippen LogP contribution in [0.4, 0.5) is 22.0 Å². The maximum absolute atomic E-state index is 12.5. The van der Waals surface area contributed by atoms with Crippen molar-refractivity contribution in [1.82, 2.24) is 0 Å². The van der Waals surface area contributed by atoms with Crippen LogP contribution in [0, 0.1) is 0 Å². The number of rotatable bonds is 3. The lowest BCUT2D eigenvalue weighted by atomic mass is 9.99. The van der Waals surface area contributed by atoms with E-state index >= 15 is 0 Å². The summed E-state index contributed by atoms with van der Waals surface area (Å²) in [4.78, 5) is 11.3. The number of alkyl halides is 5. The number of Topliss-reactive ketones (excluding diaryl/α,β-unsaturated/α-hetero) is 1. The van der Waals surface area contributed by atoms with Gasteiger partial charge in [0.2, 0.25) is 0 Å². The van der Waals surface area contributed by atoms with Crippen molar-refractivity contribution in [3.63, 3.8) is 0 Å². The normalized spacial score (nSPS) is 11.9. The Bertz CT molecular complexity index is 422. The first kappa shape index (κ1) is 13.6. The number of halogens is 5.